The molecule has 2 aromatic carbocycles. The summed E-state index contributed by atoms with van der Waals surface area (Å²) in [5.74, 6) is 6.62. The molecule has 0 heterocycles. The Balaban J connectivity index is 2.28. The molecule has 0 radical (unpaired) electrons. The summed E-state index contributed by atoms with van der Waals surface area (Å²) in [6.07, 6.45) is 0.831. The Kier molecular flexibility index (Phi) is 4.77. The Labute approximate surface area is 120 Å². The average molecular weight is 270 g/mol. The Morgan fingerprint density at radius 2 is 1.85 bits per heavy atom. The van der Waals surface area contributed by atoms with Gasteiger partial charge < -0.3 is 4.74 Å². The van der Waals surface area contributed by atoms with E-state index in [0.717, 1.165) is 17.7 Å². The van der Waals surface area contributed by atoms with E-state index in [1.165, 1.54) is 16.7 Å². The van der Waals surface area contributed by atoms with Crippen LogP contribution in [0.1, 0.15) is 28.3 Å². The standard InChI is InChI=1S/C17H22N2O/c1-12-5-4-6-14(9-12)11-16(19-18)15-8-7-13(2)10-17(15)20-3/h4-10,16,19H,11,18H2,1-3H3. The van der Waals surface area contributed by atoms with Crippen LogP contribution in [0.2, 0.25) is 0 Å². The van der Waals surface area contributed by atoms with E-state index < -0.39 is 0 Å². The Hall–Kier alpha value is -1.84. The lowest BCUT2D eigenvalue weighted by Crippen LogP contribution is -2.30. The van der Waals surface area contributed by atoms with Crippen LogP contribution in [0.3, 0.4) is 0 Å². The van der Waals surface area contributed by atoms with Crippen LogP contribution in [-0.2, 0) is 6.42 Å². The largest absolute Gasteiger partial charge is 0.496 e. The molecule has 2 aromatic rings. The van der Waals surface area contributed by atoms with Crippen LogP contribution < -0.4 is 16.0 Å². The summed E-state index contributed by atoms with van der Waals surface area (Å²) in [5, 5.41) is 0. The summed E-state index contributed by atoms with van der Waals surface area (Å²) in [4.78, 5) is 0. The molecule has 20 heavy (non-hydrogen) atoms. The molecule has 0 saturated heterocycles. The van der Waals surface area contributed by atoms with Crippen LogP contribution in [0.4, 0.5) is 0 Å². The summed E-state index contributed by atoms with van der Waals surface area (Å²) >= 11 is 0. The fourth-order valence-electron chi connectivity index (χ4n) is 2.44. The number of hydrogen-bond donors (Lipinski definition) is 2. The van der Waals surface area contributed by atoms with Crippen molar-refractivity contribution in [3.8, 4) is 5.75 Å². The number of nitrogens with one attached hydrogen (secondary N) is 1. The molecule has 0 amide bonds. The average Bonchev–Trinajstić information content (AvgIpc) is 2.45. The van der Waals surface area contributed by atoms with Gasteiger partial charge in [0.05, 0.1) is 13.2 Å². The fraction of sp³-hybridized carbons (Fsp3) is 0.294. The first-order chi connectivity index (χ1) is 9.63. The zero-order valence-corrected chi connectivity index (χ0v) is 12.3. The maximum Gasteiger partial charge on any atom is 0.123 e. The predicted octanol–water partition coefficient (Wildman–Crippen LogP) is 3.06. The highest BCUT2D eigenvalue weighted by atomic mass is 16.5. The van der Waals surface area contributed by atoms with Gasteiger partial charge in [0, 0.05) is 5.56 Å². The van der Waals surface area contributed by atoms with E-state index >= 15 is 0 Å². The second-order valence-electron chi connectivity index (χ2n) is 5.16. The van der Waals surface area contributed by atoms with Crippen LogP contribution in [0, 0.1) is 13.8 Å². The van der Waals surface area contributed by atoms with Crippen LogP contribution in [0.15, 0.2) is 42.5 Å². The van der Waals surface area contributed by atoms with Gasteiger partial charge in [0.1, 0.15) is 5.75 Å². The maximum atomic E-state index is 5.75. The van der Waals surface area contributed by atoms with Gasteiger partial charge in [0.2, 0.25) is 0 Å². The minimum atomic E-state index is 0.0346. The highest BCUT2D eigenvalue weighted by molar-refractivity contribution is 5.40. The third-order valence-corrected chi connectivity index (χ3v) is 3.49. The van der Waals surface area contributed by atoms with E-state index in [-0.39, 0.29) is 6.04 Å². The van der Waals surface area contributed by atoms with Crippen molar-refractivity contribution in [1.29, 1.82) is 0 Å². The minimum absolute atomic E-state index is 0.0346. The number of aryl methyl sites for hydroxylation is 2. The van der Waals surface area contributed by atoms with E-state index in [1.807, 2.05) is 6.07 Å². The Bertz CT molecular complexity index is 581. The van der Waals surface area contributed by atoms with Crippen molar-refractivity contribution in [2.24, 2.45) is 5.84 Å². The number of hydrazine groups is 1. The van der Waals surface area contributed by atoms with Crippen molar-refractivity contribution >= 4 is 0 Å². The molecule has 106 valence electrons. The van der Waals surface area contributed by atoms with Crippen molar-refractivity contribution in [3.63, 3.8) is 0 Å². The molecule has 0 aliphatic carbocycles. The number of ether oxygens (including phenoxy) is 1. The van der Waals surface area contributed by atoms with Crippen LogP contribution in [0.25, 0.3) is 0 Å². The topological polar surface area (TPSA) is 47.3 Å². The molecule has 0 fully saturated rings. The summed E-state index contributed by atoms with van der Waals surface area (Å²) in [5.41, 5.74) is 7.68. The van der Waals surface area contributed by atoms with Gasteiger partial charge >= 0.3 is 0 Å². The molecule has 0 aromatic heterocycles. The van der Waals surface area contributed by atoms with Crippen molar-refractivity contribution in [3.05, 3.63) is 64.7 Å². The molecule has 0 bridgehead atoms. The molecule has 0 saturated carbocycles. The van der Waals surface area contributed by atoms with Gasteiger partial charge in [-0.3, -0.25) is 11.3 Å². The first-order valence-electron chi connectivity index (χ1n) is 6.80. The van der Waals surface area contributed by atoms with Gasteiger partial charge in [-0.1, -0.05) is 42.0 Å². The predicted molar refractivity (Wildman–Crippen MR) is 82.7 cm³/mol. The van der Waals surface area contributed by atoms with Gasteiger partial charge in [-0.2, -0.15) is 0 Å². The quantitative estimate of drug-likeness (QED) is 0.648. The highest BCUT2D eigenvalue weighted by Gasteiger charge is 2.15. The molecular formula is C17H22N2O. The number of hydrogen-bond acceptors (Lipinski definition) is 3. The second kappa shape index (κ2) is 6.55. The molecule has 0 aliphatic heterocycles. The number of nitrogens with two attached hydrogens (primary N) is 1. The van der Waals surface area contributed by atoms with Gasteiger partial charge in [0.25, 0.3) is 0 Å². The van der Waals surface area contributed by atoms with E-state index in [1.54, 1.807) is 7.11 Å². The zero-order valence-electron chi connectivity index (χ0n) is 12.3. The van der Waals surface area contributed by atoms with Crippen LogP contribution in [0.5, 0.6) is 5.75 Å². The Morgan fingerprint density at radius 1 is 1.10 bits per heavy atom. The summed E-state index contributed by atoms with van der Waals surface area (Å²) in [7, 11) is 1.69. The third-order valence-electron chi connectivity index (χ3n) is 3.49. The van der Waals surface area contributed by atoms with Crippen LogP contribution >= 0.6 is 0 Å². The highest BCUT2D eigenvalue weighted by Crippen LogP contribution is 2.28. The number of methoxy groups -OCH3 is 1. The second-order valence-corrected chi connectivity index (χ2v) is 5.16. The first kappa shape index (κ1) is 14.6. The SMILES string of the molecule is COc1cc(C)ccc1C(Cc1cccc(C)c1)NN. The molecule has 0 spiro atoms. The molecule has 3 nitrogen and oxygen atoms in total. The van der Waals surface area contributed by atoms with Gasteiger partial charge in [-0.05, 0) is 37.5 Å². The van der Waals surface area contributed by atoms with Crippen molar-refractivity contribution < 1.29 is 4.74 Å². The lowest BCUT2D eigenvalue weighted by Gasteiger charge is -2.20. The smallest absolute Gasteiger partial charge is 0.123 e. The van der Waals surface area contributed by atoms with Gasteiger partial charge in [0.15, 0.2) is 0 Å². The monoisotopic (exact) mass is 270 g/mol. The lowest BCUT2D eigenvalue weighted by atomic mass is 9.97. The molecule has 1 atom stereocenters. The third kappa shape index (κ3) is 3.38. The van der Waals surface area contributed by atoms with Crippen molar-refractivity contribution in [1.82, 2.24) is 5.43 Å². The van der Waals surface area contributed by atoms with E-state index in [2.05, 4.69) is 55.7 Å². The molecule has 3 heteroatoms. The Morgan fingerprint density at radius 3 is 2.50 bits per heavy atom. The van der Waals surface area contributed by atoms with Crippen molar-refractivity contribution in [2.75, 3.05) is 7.11 Å². The molecule has 3 N–H and O–H groups in total. The van der Waals surface area contributed by atoms with Gasteiger partial charge in [-0.25, -0.2) is 0 Å². The van der Waals surface area contributed by atoms with Crippen molar-refractivity contribution in [2.45, 2.75) is 26.3 Å². The zero-order chi connectivity index (χ0) is 14.5. The van der Waals surface area contributed by atoms with Crippen LogP contribution in [-0.4, -0.2) is 7.11 Å². The maximum absolute atomic E-state index is 5.75. The van der Waals surface area contributed by atoms with E-state index in [9.17, 15) is 0 Å². The summed E-state index contributed by atoms with van der Waals surface area (Å²) in [6, 6.07) is 14.7. The molecule has 0 aliphatic rings. The van der Waals surface area contributed by atoms with E-state index in [4.69, 9.17) is 10.6 Å². The lowest BCUT2D eigenvalue weighted by molar-refractivity contribution is 0.398. The normalized spacial score (nSPS) is 12.2. The molecule has 1 unspecified atom stereocenters. The minimum Gasteiger partial charge on any atom is -0.496 e. The molecule has 2 rings (SSSR count). The van der Waals surface area contributed by atoms with Gasteiger partial charge in [-0.15, -0.1) is 0 Å². The number of rotatable bonds is 5. The summed E-state index contributed by atoms with van der Waals surface area (Å²) < 4.78 is 5.47. The van der Waals surface area contributed by atoms with E-state index in [0.29, 0.717) is 0 Å². The first-order valence-corrected chi connectivity index (χ1v) is 6.80. The number of benzene rings is 2. The summed E-state index contributed by atoms with van der Waals surface area (Å²) in [6.45, 7) is 4.15. The molecular weight excluding hydrogens is 248 g/mol. The fourth-order valence-corrected chi connectivity index (χ4v) is 2.44.